The number of halogens is 2. The Hall–Kier alpha value is -4.33. The number of carbonyl (C=O) groups is 2. The molecule has 4 aromatic rings. The summed E-state index contributed by atoms with van der Waals surface area (Å²) in [5.41, 5.74) is 2.88. The summed E-state index contributed by atoms with van der Waals surface area (Å²) in [5.74, 6) is -1.52. The molecule has 0 aliphatic heterocycles. The van der Waals surface area contributed by atoms with Crippen LogP contribution in [0.5, 0.6) is 0 Å². The fourth-order valence-electron chi connectivity index (χ4n) is 3.52. The van der Waals surface area contributed by atoms with Crippen molar-refractivity contribution in [2.24, 2.45) is 0 Å². The quantitative estimate of drug-likeness (QED) is 0.415. The summed E-state index contributed by atoms with van der Waals surface area (Å²) in [7, 11) is 0. The van der Waals surface area contributed by atoms with Gasteiger partial charge in [0.25, 0.3) is 11.8 Å². The molecule has 0 saturated heterocycles. The van der Waals surface area contributed by atoms with Gasteiger partial charge < -0.3 is 10.6 Å². The molecule has 2 amide bonds. The number of hydrogen-bond acceptors (Lipinski definition) is 3. The monoisotopic (exact) mass is 460 g/mol. The predicted molar refractivity (Wildman–Crippen MR) is 125 cm³/mol. The minimum atomic E-state index is -0.430. The number of rotatable bonds is 6. The minimum Gasteiger partial charge on any atom is -0.345 e. The molecule has 1 atom stereocenters. The standard InChI is InChI=1S/C26H22F2N4O2/c1-16(18-9-13-21(14-10-18)31-25(33)19-7-11-20(27)12-8-19)30-26(34)22-15-29-32(17(22)2)24-6-4-3-5-23(24)28/h3-16H,1-2H3,(H,30,34)(H,31,33). The third-order valence-corrected chi connectivity index (χ3v) is 5.46. The molecule has 0 spiro atoms. The molecule has 1 heterocycles. The van der Waals surface area contributed by atoms with E-state index in [4.69, 9.17) is 0 Å². The van der Waals surface area contributed by atoms with Crippen molar-refractivity contribution >= 4 is 17.5 Å². The highest BCUT2D eigenvalue weighted by Gasteiger charge is 2.19. The molecule has 0 fully saturated rings. The van der Waals surface area contributed by atoms with Crippen molar-refractivity contribution in [2.75, 3.05) is 5.32 Å². The van der Waals surface area contributed by atoms with Crippen molar-refractivity contribution in [2.45, 2.75) is 19.9 Å². The summed E-state index contributed by atoms with van der Waals surface area (Å²) in [6, 6.07) is 18.2. The summed E-state index contributed by atoms with van der Waals surface area (Å²) in [5, 5.41) is 9.84. The SMILES string of the molecule is Cc1c(C(=O)NC(C)c2ccc(NC(=O)c3ccc(F)cc3)cc2)cnn1-c1ccccc1F. The van der Waals surface area contributed by atoms with Crippen LogP contribution in [-0.4, -0.2) is 21.6 Å². The van der Waals surface area contributed by atoms with E-state index in [9.17, 15) is 18.4 Å². The van der Waals surface area contributed by atoms with E-state index in [1.807, 2.05) is 6.92 Å². The van der Waals surface area contributed by atoms with Crippen LogP contribution in [0.15, 0.2) is 79.0 Å². The van der Waals surface area contributed by atoms with Gasteiger partial charge in [-0.05, 0) is 67.9 Å². The largest absolute Gasteiger partial charge is 0.345 e. The number of nitrogens with one attached hydrogen (secondary N) is 2. The van der Waals surface area contributed by atoms with E-state index < -0.39 is 11.6 Å². The molecule has 172 valence electrons. The van der Waals surface area contributed by atoms with Gasteiger partial charge in [0.15, 0.2) is 0 Å². The molecule has 34 heavy (non-hydrogen) atoms. The normalized spacial score (nSPS) is 11.6. The van der Waals surface area contributed by atoms with Gasteiger partial charge in [-0.3, -0.25) is 9.59 Å². The van der Waals surface area contributed by atoms with Gasteiger partial charge in [0, 0.05) is 11.3 Å². The first-order chi connectivity index (χ1) is 16.3. The van der Waals surface area contributed by atoms with E-state index in [0.717, 1.165) is 5.56 Å². The van der Waals surface area contributed by atoms with E-state index in [1.54, 1.807) is 49.4 Å². The Balaban J connectivity index is 1.41. The zero-order valence-electron chi connectivity index (χ0n) is 18.5. The molecule has 2 N–H and O–H groups in total. The van der Waals surface area contributed by atoms with Crippen LogP contribution >= 0.6 is 0 Å². The van der Waals surface area contributed by atoms with Gasteiger partial charge in [-0.1, -0.05) is 24.3 Å². The van der Waals surface area contributed by atoms with Crippen molar-refractivity contribution in [1.29, 1.82) is 0 Å². The summed E-state index contributed by atoms with van der Waals surface area (Å²) in [4.78, 5) is 25.1. The number of nitrogens with zero attached hydrogens (tertiary/aromatic N) is 2. The highest BCUT2D eigenvalue weighted by molar-refractivity contribution is 6.04. The smallest absolute Gasteiger partial charge is 0.255 e. The lowest BCUT2D eigenvalue weighted by atomic mass is 10.1. The lowest BCUT2D eigenvalue weighted by Gasteiger charge is -2.15. The second-order valence-corrected chi connectivity index (χ2v) is 7.79. The summed E-state index contributed by atoms with van der Waals surface area (Å²) < 4.78 is 28.5. The molecule has 6 nitrogen and oxygen atoms in total. The van der Waals surface area contributed by atoms with E-state index in [1.165, 1.54) is 41.2 Å². The van der Waals surface area contributed by atoms with Crippen molar-refractivity contribution in [3.05, 3.63) is 113 Å². The first-order valence-electron chi connectivity index (χ1n) is 10.6. The number of amides is 2. The molecule has 0 aliphatic carbocycles. The van der Waals surface area contributed by atoms with Gasteiger partial charge in [-0.15, -0.1) is 0 Å². The molecule has 0 bridgehead atoms. The highest BCUT2D eigenvalue weighted by atomic mass is 19.1. The summed E-state index contributed by atoms with van der Waals surface area (Å²) >= 11 is 0. The number of hydrogen-bond donors (Lipinski definition) is 2. The highest BCUT2D eigenvalue weighted by Crippen LogP contribution is 2.20. The number of para-hydroxylation sites is 1. The van der Waals surface area contributed by atoms with Gasteiger partial charge in [-0.2, -0.15) is 5.10 Å². The molecule has 4 rings (SSSR count). The Labute approximate surface area is 195 Å². The molecular weight excluding hydrogens is 438 g/mol. The number of benzene rings is 3. The van der Waals surface area contributed by atoms with Crippen LogP contribution in [0.1, 0.15) is 44.9 Å². The first-order valence-corrected chi connectivity index (χ1v) is 10.6. The van der Waals surface area contributed by atoms with E-state index in [0.29, 0.717) is 22.5 Å². The Morgan fingerprint density at radius 3 is 2.26 bits per heavy atom. The molecular formula is C26H22F2N4O2. The number of anilines is 1. The molecule has 0 saturated carbocycles. The van der Waals surface area contributed by atoms with Crippen LogP contribution in [0.3, 0.4) is 0 Å². The van der Waals surface area contributed by atoms with Crippen LogP contribution in [0.2, 0.25) is 0 Å². The van der Waals surface area contributed by atoms with Crippen molar-refractivity contribution in [1.82, 2.24) is 15.1 Å². The second-order valence-electron chi connectivity index (χ2n) is 7.79. The topological polar surface area (TPSA) is 76.0 Å². The van der Waals surface area contributed by atoms with Gasteiger partial charge in [0.1, 0.15) is 17.3 Å². The summed E-state index contributed by atoms with van der Waals surface area (Å²) in [6.07, 6.45) is 1.41. The average molecular weight is 460 g/mol. The maximum Gasteiger partial charge on any atom is 0.255 e. The van der Waals surface area contributed by atoms with E-state index >= 15 is 0 Å². The zero-order chi connectivity index (χ0) is 24.2. The van der Waals surface area contributed by atoms with Crippen molar-refractivity contribution in [3.63, 3.8) is 0 Å². The predicted octanol–water partition coefficient (Wildman–Crippen LogP) is 5.20. The van der Waals surface area contributed by atoms with Gasteiger partial charge in [-0.25, -0.2) is 13.5 Å². The lowest BCUT2D eigenvalue weighted by molar-refractivity contribution is 0.0938. The van der Waals surface area contributed by atoms with Crippen LogP contribution < -0.4 is 10.6 Å². The number of aromatic nitrogens is 2. The summed E-state index contributed by atoms with van der Waals surface area (Å²) in [6.45, 7) is 3.54. The first kappa shape index (κ1) is 22.8. The van der Waals surface area contributed by atoms with Gasteiger partial charge in [0.05, 0.1) is 23.5 Å². The maximum atomic E-state index is 14.1. The van der Waals surface area contributed by atoms with Crippen LogP contribution in [0, 0.1) is 18.6 Å². The van der Waals surface area contributed by atoms with Gasteiger partial charge >= 0.3 is 0 Å². The molecule has 3 aromatic carbocycles. The average Bonchev–Trinajstić information content (AvgIpc) is 3.21. The fourth-order valence-corrected chi connectivity index (χ4v) is 3.52. The van der Waals surface area contributed by atoms with Crippen molar-refractivity contribution in [3.8, 4) is 5.69 Å². The van der Waals surface area contributed by atoms with Crippen LogP contribution in [0.4, 0.5) is 14.5 Å². The van der Waals surface area contributed by atoms with Crippen LogP contribution in [-0.2, 0) is 0 Å². The van der Waals surface area contributed by atoms with Crippen molar-refractivity contribution < 1.29 is 18.4 Å². The Bertz CT molecular complexity index is 1330. The Kier molecular flexibility index (Phi) is 6.49. The van der Waals surface area contributed by atoms with E-state index in [2.05, 4.69) is 15.7 Å². The Morgan fingerprint density at radius 1 is 0.912 bits per heavy atom. The molecule has 8 heteroatoms. The fraction of sp³-hybridized carbons (Fsp3) is 0.115. The van der Waals surface area contributed by atoms with E-state index in [-0.39, 0.29) is 23.5 Å². The zero-order valence-corrected chi connectivity index (χ0v) is 18.5. The lowest BCUT2D eigenvalue weighted by Crippen LogP contribution is -2.27. The number of carbonyl (C=O) groups excluding carboxylic acids is 2. The van der Waals surface area contributed by atoms with Crippen LogP contribution in [0.25, 0.3) is 5.69 Å². The molecule has 1 unspecified atom stereocenters. The second kappa shape index (κ2) is 9.66. The molecule has 1 aromatic heterocycles. The minimum absolute atomic E-state index is 0.269. The third kappa shape index (κ3) is 4.85. The molecule has 0 radical (unpaired) electrons. The third-order valence-electron chi connectivity index (χ3n) is 5.46. The van der Waals surface area contributed by atoms with Gasteiger partial charge in [0.2, 0.25) is 0 Å². The Morgan fingerprint density at radius 2 is 1.59 bits per heavy atom. The molecule has 0 aliphatic rings. The maximum absolute atomic E-state index is 14.1.